The van der Waals surface area contributed by atoms with Crippen LogP contribution in [-0.2, 0) is 9.53 Å². The lowest BCUT2D eigenvalue weighted by atomic mass is 10.1. The van der Waals surface area contributed by atoms with Gasteiger partial charge < -0.3 is 4.74 Å². The van der Waals surface area contributed by atoms with Gasteiger partial charge in [-0.15, -0.1) is 0 Å². The molecule has 0 radical (unpaired) electrons. The van der Waals surface area contributed by atoms with Crippen LogP contribution in [0, 0.1) is 6.92 Å². The van der Waals surface area contributed by atoms with Gasteiger partial charge in [0.15, 0.2) is 11.5 Å². The molecule has 1 aromatic heterocycles. The molecule has 7 heteroatoms. The summed E-state index contributed by atoms with van der Waals surface area (Å²) in [6, 6.07) is 8.01. The predicted octanol–water partition coefficient (Wildman–Crippen LogP) is 2.91. The van der Waals surface area contributed by atoms with Gasteiger partial charge in [-0.1, -0.05) is 28.1 Å². The van der Waals surface area contributed by atoms with Crippen molar-refractivity contribution in [3.05, 3.63) is 40.1 Å². The molecule has 6 nitrogen and oxygen atoms in total. The van der Waals surface area contributed by atoms with Crippen LogP contribution in [0.5, 0.6) is 0 Å². The summed E-state index contributed by atoms with van der Waals surface area (Å²) in [6.07, 6.45) is 0. The van der Waals surface area contributed by atoms with E-state index in [1.165, 1.54) is 7.11 Å². The number of fused-ring (bicyclic) bond motifs is 1. The number of hydrogen-bond acceptors (Lipinski definition) is 5. The molecule has 0 aliphatic carbocycles. The second kappa shape index (κ2) is 5.49. The number of halogens is 1. The van der Waals surface area contributed by atoms with Crippen LogP contribution in [0.1, 0.15) is 12.6 Å². The van der Waals surface area contributed by atoms with E-state index in [-0.39, 0.29) is 0 Å². The molecule has 1 aliphatic heterocycles. The van der Waals surface area contributed by atoms with Gasteiger partial charge in [-0.2, -0.15) is 5.10 Å². The second-order valence-corrected chi connectivity index (χ2v) is 5.85. The van der Waals surface area contributed by atoms with Gasteiger partial charge in [-0.05, 0) is 31.5 Å². The number of anilines is 1. The number of rotatable bonds is 2. The Morgan fingerprint density at radius 1 is 1.23 bits per heavy atom. The first kappa shape index (κ1) is 14.6. The number of carbonyl (C=O) groups is 1. The largest absolute Gasteiger partial charge is 0.464 e. The van der Waals surface area contributed by atoms with E-state index in [1.54, 1.807) is 4.68 Å². The van der Waals surface area contributed by atoms with Gasteiger partial charge >= 0.3 is 5.97 Å². The highest BCUT2D eigenvalue weighted by molar-refractivity contribution is 9.10. The van der Waals surface area contributed by atoms with E-state index in [1.807, 2.05) is 38.1 Å². The highest BCUT2D eigenvalue weighted by atomic mass is 79.9. The summed E-state index contributed by atoms with van der Waals surface area (Å²) >= 11 is 3.44. The van der Waals surface area contributed by atoms with E-state index < -0.39 is 5.97 Å². The molecule has 0 amide bonds. The van der Waals surface area contributed by atoms with Crippen molar-refractivity contribution in [1.82, 2.24) is 15.2 Å². The molecule has 0 unspecified atom stereocenters. The zero-order valence-electron chi connectivity index (χ0n) is 12.4. The van der Waals surface area contributed by atoms with Crippen LogP contribution in [0.15, 0.2) is 34.4 Å². The molecular formula is C15H15BrN4O2. The average Bonchev–Trinajstić information content (AvgIpc) is 2.85. The average molecular weight is 363 g/mol. The minimum atomic E-state index is -0.436. The molecule has 2 N–H and O–H groups in total. The van der Waals surface area contributed by atoms with E-state index in [4.69, 9.17) is 4.74 Å². The van der Waals surface area contributed by atoms with E-state index >= 15 is 0 Å². The maximum absolute atomic E-state index is 11.8. The number of aryl methyl sites for hydroxylation is 1. The Bertz CT molecular complexity index is 778. The summed E-state index contributed by atoms with van der Waals surface area (Å²) in [4.78, 5) is 11.8. The number of carbonyl (C=O) groups excluding carboxylic acids is 1. The van der Waals surface area contributed by atoms with Gasteiger partial charge in [0.2, 0.25) is 0 Å². The number of nitrogens with one attached hydrogen (secondary N) is 2. The third-order valence-corrected chi connectivity index (χ3v) is 4.10. The Morgan fingerprint density at radius 2 is 1.91 bits per heavy atom. The van der Waals surface area contributed by atoms with Gasteiger partial charge in [0.25, 0.3) is 0 Å². The fraction of sp³-hybridized carbons (Fsp3) is 0.200. The first-order chi connectivity index (χ1) is 10.5. The summed E-state index contributed by atoms with van der Waals surface area (Å²) in [5.41, 5.74) is 9.88. The normalized spacial score (nSPS) is 13.3. The number of hydrogen-bond donors (Lipinski definition) is 2. The van der Waals surface area contributed by atoms with Gasteiger partial charge in [0, 0.05) is 10.0 Å². The maximum Gasteiger partial charge on any atom is 0.357 e. The van der Waals surface area contributed by atoms with Crippen LogP contribution in [0.2, 0.25) is 0 Å². The highest BCUT2D eigenvalue weighted by Gasteiger charge is 2.26. The summed E-state index contributed by atoms with van der Waals surface area (Å²) in [5.74, 6) is 0.360. The van der Waals surface area contributed by atoms with Crippen molar-refractivity contribution in [1.29, 1.82) is 0 Å². The van der Waals surface area contributed by atoms with Crippen molar-refractivity contribution in [2.24, 2.45) is 0 Å². The van der Waals surface area contributed by atoms with Crippen LogP contribution in [0.4, 0.5) is 5.82 Å². The summed E-state index contributed by atoms with van der Waals surface area (Å²) in [6.45, 7) is 3.76. The highest BCUT2D eigenvalue weighted by Crippen LogP contribution is 2.35. The van der Waals surface area contributed by atoms with Gasteiger partial charge in [0.1, 0.15) is 0 Å². The fourth-order valence-electron chi connectivity index (χ4n) is 2.47. The first-order valence-electron chi connectivity index (χ1n) is 6.70. The monoisotopic (exact) mass is 362 g/mol. The Hall–Kier alpha value is -2.28. The van der Waals surface area contributed by atoms with Gasteiger partial charge in [0.05, 0.1) is 18.5 Å². The molecule has 0 spiro atoms. The van der Waals surface area contributed by atoms with Crippen molar-refractivity contribution in [2.45, 2.75) is 13.8 Å². The molecule has 2 aromatic rings. The summed E-state index contributed by atoms with van der Waals surface area (Å²) in [7, 11) is 1.35. The molecule has 0 saturated carbocycles. The number of allylic oxidation sites excluding steroid dienone is 1. The Kier molecular flexibility index (Phi) is 3.66. The van der Waals surface area contributed by atoms with E-state index in [0.717, 1.165) is 27.1 Å². The van der Waals surface area contributed by atoms with E-state index in [0.29, 0.717) is 11.4 Å². The third kappa shape index (κ3) is 2.27. The fourth-order valence-corrected chi connectivity index (χ4v) is 2.73. The quantitative estimate of drug-likeness (QED) is 0.804. The number of methoxy groups -OCH3 is 1. The zero-order valence-corrected chi connectivity index (χ0v) is 14.0. The molecule has 22 heavy (non-hydrogen) atoms. The minimum Gasteiger partial charge on any atom is -0.464 e. The maximum atomic E-state index is 11.8. The molecule has 0 fully saturated rings. The zero-order chi connectivity index (χ0) is 15.9. The van der Waals surface area contributed by atoms with E-state index in [2.05, 4.69) is 31.9 Å². The third-order valence-electron chi connectivity index (χ3n) is 3.57. The smallest absolute Gasteiger partial charge is 0.357 e. The molecule has 2 heterocycles. The van der Waals surface area contributed by atoms with E-state index in [9.17, 15) is 4.79 Å². The van der Waals surface area contributed by atoms with Crippen molar-refractivity contribution < 1.29 is 9.53 Å². The summed E-state index contributed by atoms with van der Waals surface area (Å²) in [5, 5.41) is 4.53. The number of esters is 1. The number of benzene rings is 1. The van der Waals surface area contributed by atoms with Crippen molar-refractivity contribution in [3.8, 4) is 11.1 Å². The second-order valence-electron chi connectivity index (χ2n) is 4.93. The SMILES string of the molecule is COC(=O)C1=C(C)n2nc(C)c(-c3ccc(Br)cc3)c2NN1. The van der Waals surface area contributed by atoms with Crippen molar-refractivity contribution >= 4 is 33.4 Å². The first-order valence-corrected chi connectivity index (χ1v) is 7.49. The number of aromatic nitrogens is 2. The Balaban J connectivity index is 2.14. The molecule has 114 valence electrons. The minimum absolute atomic E-state index is 0.347. The van der Waals surface area contributed by atoms with Crippen LogP contribution < -0.4 is 10.9 Å². The Labute approximate surface area is 136 Å². The topological polar surface area (TPSA) is 68.2 Å². The predicted molar refractivity (Wildman–Crippen MR) is 87.8 cm³/mol. The molecular weight excluding hydrogens is 348 g/mol. The molecule has 1 aliphatic rings. The van der Waals surface area contributed by atoms with Crippen LogP contribution in [-0.4, -0.2) is 22.9 Å². The Morgan fingerprint density at radius 3 is 2.55 bits per heavy atom. The lowest BCUT2D eigenvalue weighted by molar-refractivity contribution is -0.136. The van der Waals surface area contributed by atoms with Crippen LogP contribution >= 0.6 is 15.9 Å². The van der Waals surface area contributed by atoms with Crippen molar-refractivity contribution in [3.63, 3.8) is 0 Å². The van der Waals surface area contributed by atoms with Gasteiger partial charge in [-0.3, -0.25) is 10.9 Å². The molecule has 0 bridgehead atoms. The summed E-state index contributed by atoms with van der Waals surface area (Å²) < 4.78 is 7.50. The standard InChI is InChI=1S/C15H15BrN4O2/c1-8-12(10-4-6-11(16)7-5-10)14-18-17-13(15(21)22-3)9(2)20(14)19-8/h4-7,17-18H,1-3H3. The van der Waals surface area contributed by atoms with Crippen LogP contribution in [0.25, 0.3) is 16.8 Å². The number of nitrogens with zero attached hydrogens (tertiary/aromatic N) is 2. The molecule has 0 saturated heterocycles. The lowest BCUT2D eigenvalue weighted by Gasteiger charge is -2.22. The molecule has 0 atom stereocenters. The molecule has 1 aromatic carbocycles. The van der Waals surface area contributed by atoms with Crippen LogP contribution in [0.3, 0.4) is 0 Å². The van der Waals surface area contributed by atoms with Crippen molar-refractivity contribution in [2.75, 3.05) is 12.5 Å². The number of hydrazine groups is 1. The lowest BCUT2D eigenvalue weighted by Crippen LogP contribution is -2.34. The number of ether oxygens (including phenoxy) is 1. The van der Waals surface area contributed by atoms with Gasteiger partial charge in [-0.25, -0.2) is 9.48 Å². The molecule has 3 rings (SSSR count).